The molecule has 4 N–H and O–H groups in total. The second-order valence-corrected chi connectivity index (χ2v) is 5.53. The van der Waals surface area contributed by atoms with Crippen molar-refractivity contribution >= 4 is 45.7 Å². The fourth-order valence-electron chi connectivity index (χ4n) is 1.38. The van der Waals surface area contributed by atoms with Crippen LogP contribution < -0.4 is 11.1 Å². The van der Waals surface area contributed by atoms with Gasteiger partial charge in [-0.2, -0.15) is 0 Å². The lowest BCUT2D eigenvalue weighted by atomic mass is 10.2. The van der Waals surface area contributed by atoms with Gasteiger partial charge in [-0.05, 0) is 60.1 Å². The normalized spacial score (nSPS) is 10.1. The van der Waals surface area contributed by atoms with Crippen LogP contribution in [0.25, 0.3) is 0 Å². The molecule has 98 valence electrons. The van der Waals surface area contributed by atoms with Crippen LogP contribution in [-0.2, 0) is 0 Å². The van der Waals surface area contributed by atoms with Crippen molar-refractivity contribution in [3.05, 3.63) is 27.3 Å². The maximum atomic E-state index is 11.7. The summed E-state index contributed by atoms with van der Waals surface area (Å²) < 4.78 is 0.723. The fourth-order valence-corrected chi connectivity index (χ4v) is 1.86. The average molecular weight is 378 g/mol. The molecule has 0 aliphatic heterocycles. The summed E-state index contributed by atoms with van der Waals surface area (Å²) in [7, 11) is 0. The van der Waals surface area contributed by atoms with Crippen molar-refractivity contribution in [1.82, 2.24) is 5.32 Å². The summed E-state index contributed by atoms with van der Waals surface area (Å²) in [4.78, 5) is 12.2. The van der Waals surface area contributed by atoms with Crippen molar-refractivity contribution in [3.8, 4) is 5.75 Å². The summed E-state index contributed by atoms with van der Waals surface area (Å²) in [5.74, 6) is -0.0613. The zero-order chi connectivity index (χ0) is 13.5. The van der Waals surface area contributed by atoms with Crippen LogP contribution in [0.1, 0.15) is 29.6 Å². The Morgan fingerprint density at radius 2 is 2.17 bits per heavy atom. The van der Waals surface area contributed by atoms with Crippen LogP contribution in [0.5, 0.6) is 5.75 Å². The summed E-state index contributed by atoms with van der Waals surface area (Å²) in [6.45, 7) is 0.578. The van der Waals surface area contributed by atoms with Crippen molar-refractivity contribution in [2.24, 2.45) is 5.73 Å². The fraction of sp³-hybridized carbons (Fsp3) is 0.333. The van der Waals surface area contributed by atoms with E-state index >= 15 is 0 Å². The van der Waals surface area contributed by atoms with E-state index in [-0.39, 0.29) is 11.7 Å². The third-order valence-corrected chi connectivity index (χ3v) is 3.46. The molecule has 18 heavy (non-hydrogen) atoms. The summed E-state index contributed by atoms with van der Waals surface area (Å²) in [6, 6.07) is 4.86. The Kier molecular flexibility index (Phi) is 6.34. The first-order valence-electron chi connectivity index (χ1n) is 5.55. The molecule has 1 rings (SSSR count). The maximum absolute atomic E-state index is 11.7. The van der Waals surface area contributed by atoms with E-state index in [1.54, 1.807) is 12.1 Å². The standard InChI is InChI=1S/C12H15IN2O2S/c13-9-5-4-8(7-10(9)16)12(17)15-6-2-1-3-11(14)18/h4-5,7,16H,1-3,6H2,(H2,14,18)(H,15,17). The number of phenolic OH excluding ortho intramolecular Hbond substituents is 1. The number of benzene rings is 1. The number of hydrogen-bond donors (Lipinski definition) is 3. The van der Waals surface area contributed by atoms with Gasteiger partial charge in [0.15, 0.2) is 0 Å². The number of nitrogens with two attached hydrogens (primary N) is 1. The predicted molar refractivity (Wildman–Crippen MR) is 83.8 cm³/mol. The molecular formula is C12H15IN2O2S. The Bertz CT molecular complexity index is 452. The number of phenols is 1. The summed E-state index contributed by atoms with van der Waals surface area (Å²) in [5.41, 5.74) is 5.83. The van der Waals surface area contributed by atoms with Gasteiger partial charge in [0, 0.05) is 12.1 Å². The molecule has 1 aromatic carbocycles. The van der Waals surface area contributed by atoms with Crippen molar-refractivity contribution < 1.29 is 9.90 Å². The van der Waals surface area contributed by atoms with Gasteiger partial charge < -0.3 is 16.2 Å². The Morgan fingerprint density at radius 3 is 2.78 bits per heavy atom. The lowest BCUT2D eigenvalue weighted by Crippen LogP contribution is -2.24. The Balaban J connectivity index is 2.36. The van der Waals surface area contributed by atoms with E-state index < -0.39 is 0 Å². The minimum atomic E-state index is -0.183. The molecule has 0 aliphatic rings. The van der Waals surface area contributed by atoms with Crippen LogP contribution >= 0.6 is 34.8 Å². The Morgan fingerprint density at radius 1 is 1.44 bits per heavy atom. The summed E-state index contributed by atoms with van der Waals surface area (Å²) in [5, 5.41) is 12.3. The first-order chi connectivity index (χ1) is 8.50. The van der Waals surface area contributed by atoms with Gasteiger partial charge in [-0.25, -0.2) is 0 Å². The molecule has 0 unspecified atom stereocenters. The summed E-state index contributed by atoms with van der Waals surface area (Å²) in [6.07, 6.45) is 2.41. The number of halogens is 1. The van der Waals surface area contributed by atoms with E-state index in [0.29, 0.717) is 23.5 Å². The molecule has 0 fully saturated rings. The Hall–Kier alpha value is -0.890. The molecule has 1 aromatic rings. The first-order valence-corrected chi connectivity index (χ1v) is 7.04. The average Bonchev–Trinajstić information content (AvgIpc) is 2.31. The number of carbonyl (C=O) groups excluding carboxylic acids is 1. The molecule has 4 nitrogen and oxygen atoms in total. The highest BCUT2D eigenvalue weighted by molar-refractivity contribution is 14.1. The molecule has 0 aliphatic carbocycles. The number of nitrogens with one attached hydrogen (secondary N) is 1. The third kappa shape index (κ3) is 5.18. The van der Waals surface area contributed by atoms with Gasteiger partial charge in [0.1, 0.15) is 5.75 Å². The highest BCUT2D eigenvalue weighted by atomic mass is 127. The molecule has 0 atom stereocenters. The van der Waals surface area contributed by atoms with Gasteiger partial charge in [-0.3, -0.25) is 4.79 Å². The van der Waals surface area contributed by atoms with Gasteiger partial charge >= 0.3 is 0 Å². The van der Waals surface area contributed by atoms with Crippen molar-refractivity contribution in [2.45, 2.75) is 19.3 Å². The maximum Gasteiger partial charge on any atom is 0.251 e. The van der Waals surface area contributed by atoms with E-state index in [1.807, 2.05) is 22.6 Å². The van der Waals surface area contributed by atoms with Crippen molar-refractivity contribution in [1.29, 1.82) is 0 Å². The zero-order valence-electron chi connectivity index (χ0n) is 9.78. The van der Waals surface area contributed by atoms with E-state index in [1.165, 1.54) is 6.07 Å². The monoisotopic (exact) mass is 378 g/mol. The van der Waals surface area contributed by atoms with Gasteiger partial charge in [-0.1, -0.05) is 12.2 Å². The molecule has 6 heteroatoms. The number of unbranched alkanes of at least 4 members (excludes halogenated alkanes) is 1. The van der Waals surface area contributed by atoms with Crippen LogP contribution in [0.15, 0.2) is 18.2 Å². The lowest BCUT2D eigenvalue weighted by Gasteiger charge is -2.06. The van der Waals surface area contributed by atoms with Gasteiger partial charge in [-0.15, -0.1) is 0 Å². The first kappa shape index (κ1) is 15.2. The number of rotatable bonds is 6. The topological polar surface area (TPSA) is 75.3 Å². The third-order valence-electron chi connectivity index (χ3n) is 2.34. The lowest BCUT2D eigenvalue weighted by molar-refractivity contribution is 0.0952. The number of aromatic hydroxyl groups is 1. The molecule has 0 bridgehead atoms. The second kappa shape index (κ2) is 7.52. The highest BCUT2D eigenvalue weighted by Gasteiger charge is 2.07. The number of thiocarbonyl (C=S) groups is 1. The Labute approximate surface area is 125 Å². The molecule has 0 heterocycles. The summed E-state index contributed by atoms with van der Waals surface area (Å²) >= 11 is 6.77. The minimum absolute atomic E-state index is 0.122. The predicted octanol–water partition coefficient (Wildman–Crippen LogP) is 2.18. The molecule has 0 saturated carbocycles. The molecule has 0 saturated heterocycles. The van der Waals surface area contributed by atoms with Gasteiger partial charge in [0.25, 0.3) is 5.91 Å². The smallest absolute Gasteiger partial charge is 0.251 e. The molecule has 1 amide bonds. The number of amides is 1. The highest BCUT2D eigenvalue weighted by Crippen LogP contribution is 2.20. The van der Waals surface area contributed by atoms with Crippen LogP contribution in [0.3, 0.4) is 0 Å². The van der Waals surface area contributed by atoms with Crippen molar-refractivity contribution in [3.63, 3.8) is 0 Å². The molecular weight excluding hydrogens is 363 g/mol. The SMILES string of the molecule is NC(=S)CCCCNC(=O)c1ccc(I)c(O)c1. The number of hydrogen-bond acceptors (Lipinski definition) is 3. The van der Waals surface area contributed by atoms with Crippen LogP contribution in [0, 0.1) is 3.57 Å². The van der Waals surface area contributed by atoms with Crippen molar-refractivity contribution in [2.75, 3.05) is 6.54 Å². The van der Waals surface area contributed by atoms with Gasteiger partial charge in [0.05, 0.1) is 8.56 Å². The van der Waals surface area contributed by atoms with E-state index in [4.69, 9.17) is 18.0 Å². The number of carbonyl (C=O) groups is 1. The molecule has 0 radical (unpaired) electrons. The largest absolute Gasteiger partial charge is 0.507 e. The second-order valence-electron chi connectivity index (χ2n) is 3.85. The van der Waals surface area contributed by atoms with Gasteiger partial charge in [0.2, 0.25) is 0 Å². The molecule has 0 spiro atoms. The zero-order valence-corrected chi connectivity index (χ0v) is 12.8. The molecule has 0 aromatic heterocycles. The van der Waals surface area contributed by atoms with E-state index in [9.17, 15) is 9.90 Å². The quantitative estimate of drug-likeness (QED) is 0.403. The van der Waals surface area contributed by atoms with Crippen LogP contribution in [0.4, 0.5) is 0 Å². The minimum Gasteiger partial charge on any atom is -0.507 e. The van der Waals surface area contributed by atoms with Crippen LogP contribution in [-0.4, -0.2) is 22.5 Å². The van der Waals surface area contributed by atoms with E-state index in [2.05, 4.69) is 5.32 Å². The van der Waals surface area contributed by atoms with E-state index in [0.717, 1.165) is 16.4 Å². The van der Waals surface area contributed by atoms with Crippen LogP contribution in [0.2, 0.25) is 0 Å².